The second-order valence-electron chi connectivity index (χ2n) is 6.85. The summed E-state index contributed by atoms with van der Waals surface area (Å²) in [6.45, 7) is 3.79. The molecule has 1 amide bonds. The van der Waals surface area contributed by atoms with Crippen molar-refractivity contribution in [1.29, 1.82) is 0 Å². The van der Waals surface area contributed by atoms with Crippen LogP contribution in [-0.2, 0) is 9.53 Å². The molecule has 148 valence electrons. The van der Waals surface area contributed by atoms with E-state index in [1.54, 1.807) is 19.1 Å². The highest BCUT2D eigenvalue weighted by molar-refractivity contribution is 6.02. The highest BCUT2D eigenvalue weighted by Gasteiger charge is 2.36. The Hall–Kier alpha value is -3.03. The smallest absolute Gasteiger partial charge is 0.396 e. The number of carbonyl (C=O) groups excluding carboxylic acids is 3. The monoisotopic (exact) mass is 385 g/mol. The van der Waals surface area contributed by atoms with Gasteiger partial charge < -0.3 is 9.15 Å². The molecule has 0 unspecified atom stereocenters. The third-order valence-electron chi connectivity index (χ3n) is 4.88. The number of ether oxygens (including phenoxy) is 1. The summed E-state index contributed by atoms with van der Waals surface area (Å²) in [5.41, 5.74) is 1.68. The Bertz CT molecular complexity index is 859. The molecule has 0 spiro atoms. The quantitative estimate of drug-likeness (QED) is 0.600. The molecular weight excluding hydrogens is 362 g/mol. The molecule has 1 aromatic heterocycles. The maximum Gasteiger partial charge on any atom is 0.396 e. The zero-order valence-electron chi connectivity index (χ0n) is 15.9. The minimum absolute atomic E-state index is 0.0300. The molecule has 3 rings (SSSR count). The van der Waals surface area contributed by atoms with Gasteiger partial charge in [-0.2, -0.15) is 0 Å². The normalized spacial score (nSPS) is 19.1. The standard InChI is InChI=1S/C20H23N3O5/c1-3-27-19(26)18-22-23-20(28-18)21-17(25)15-7-5-4-6-14(15)16(24)13-10-8-12(2)9-11-13/h8-11,14-15H,3-7H2,1-2H3,(H,21,23,25)/t14-,15-/m1/s1. The Balaban J connectivity index is 1.71. The van der Waals surface area contributed by atoms with Gasteiger partial charge in [0.15, 0.2) is 5.78 Å². The first kappa shape index (κ1) is 19.7. The lowest BCUT2D eigenvalue weighted by Gasteiger charge is -2.29. The number of hydrogen-bond donors (Lipinski definition) is 1. The summed E-state index contributed by atoms with van der Waals surface area (Å²) in [5, 5.41) is 9.76. The van der Waals surface area contributed by atoms with Crippen molar-refractivity contribution in [2.45, 2.75) is 39.5 Å². The van der Waals surface area contributed by atoms with Crippen molar-refractivity contribution in [3.63, 3.8) is 0 Å². The fraction of sp³-hybridized carbons (Fsp3) is 0.450. The molecule has 1 saturated carbocycles. The third kappa shape index (κ3) is 4.44. The Kier molecular flexibility index (Phi) is 6.18. The van der Waals surface area contributed by atoms with E-state index in [1.807, 2.05) is 19.1 Å². The third-order valence-corrected chi connectivity index (χ3v) is 4.88. The van der Waals surface area contributed by atoms with Gasteiger partial charge in [-0.15, -0.1) is 0 Å². The van der Waals surface area contributed by atoms with Crippen molar-refractivity contribution in [3.8, 4) is 0 Å². The van der Waals surface area contributed by atoms with E-state index < -0.39 is 17.8 Å². The number of carbonyl (C=O) groups is 3. The number of aryl methyl sites for hydroxylation is 1. The highest BCUT2D eigenvalue weighted by Crippen LogP contribution is 2.33. The number of nitrogens with one attached hydrogen (secondary N) is 1. The van der Waals surface area contributed by atoms with E-state index in [1.165, 1.54) is 0 Å². The van der Waals surface area contributed by atoms with Crippen molar-refractivity contribution in [3.05, 3.63) is 41.3 Å². The number of anilines is 1. The summed E-state index contributed by atoms with van der Waals surface area (Å²) in [7, 11) is 0. The van der Waals surface area contributed by atoms with E-state index in [2.05, 4.69) is 15.5 Å². The molecule has 1 heterocycles. The van der Waals surface area contributed by atoms with Crippen LogP contribution in [0.15, 0.2) is 28.7 Å². The predicted molar refractivity (Wildman–Crippen MR) is 99.8 cm³/mol. The van der Waals surface area contributed by atoms with Crippen LogP contribution in [0.25, 0.3) is 0 Å². The minimum Gasteiger partial charge on any atom is -0.459 e. The van der Waals surface area contributed by atoms with Crippen LogP contribution in [0.5, 0.6) is 0 Å². The fourth-order valence-electron chi connectivity index (χ4n) is 3.44. The zero-order chi connectivity index (χ0) is 20.1. The number of amides is 1. The van der Waals surface area contributed by atoms with Gasteiger partial charge in [-0.25, -0.2) is 4.79 Å². The summed E-state index contributed by atoms with van der Waals surface area (Å²) in [6, 6.07) is 7.19. The number of hydrogen-bond acceptors (Lipinski definition) is 7. The summed E-state index contributed by atoms with van der Waals surface area (Å²) >= 11 is 0. The number of Topliss-reactive ketones (excluding diaryl/α,β-unsaturated/α-hetero) is 1. The van der Waals surface area contributed by atoms with Gasteiger partial charge in [0.25, 0.3) is 0 Å². The molecule has 0 radical (unpaired) electrons. The fourth-order valence-corrected chi connectivity index (χ4v) is 3.44. The number of esters is 1. The second kappa shape index (κ2) is 8.77. The molecule has 0 bridgehead atoms. The first-order valence-corrected chi connectivity index (χ1v) is 9.42. The van der Waals surface area contributed by atoms with Crippen LogP contribution in [-0.4, -0.2) is 34.5 Å². The van der Waals surface area contributed by atoms with Gasteiger partial charge in [-0.3, -0.25) is 14.9 Å². The van der Waals surface area contributed by atoms with Crippen LogP contribution >= 0.6 is 0 Å². The van der Waals surface area contributed by atoms with Gasteiger partial charge in [-0.1, -0.05) is 52.9 Å². The molecule has 28 heavy (non-hydrogen) atoms. The highest BCUT2D eigenvalue weighted by atomic mass is 16.5. The lowest BCUT2D eigenvalue weighted by atomic mass is 9.75. The SMILES string of the molecule is CCOC(=O)c1nnc(NC(=O)[C@@H]2CCCC[C@H]2C(=O)c2ccc(C)cc2)o1. The number of aromatic nitrogens is 2. The van der Waals surface area contributed by atoms with Crippen molar-refractivity contribution in [2.24, 2.45) is 11.8 Å². The first-order chi connectivity index (χ1) is 13.5. The van der Waals surface area contributed by atoms with Crippen LogP contribution in [0.4, 0.5) is 6.01 Å². The Morgan fingerprint density at radius 1 is 1.11 bits per heavy atom. The zero-order valence-corrected chi connectivity index (χ0v) is 15.9. The van der Waals surface area contributed by atoms with Gasteiger partial charge in [0.2, 0.25) is 5.91 Å². The molecule has 0 aliphatic heterocycles. The van der Waals surface area contributed by atoms with Crippen molar-refractivity contribution >= 4 is 23.7 Å². The molecule has 1 fully saturated rings. The van der Waals surface area contributed by atoms with E-state index in [0.717, 1.165) is 18.4 Å². The molecule has 2 aromatic rings. The van der Waals surface area contributed by atoms with Gasteiger partial charge >= 0.3 is 17.9 Å². The van der Waals surface area contributed by atoms with Gasteiger partial charge in [0, 0.05) is 17.4 Å². The van der Waals surface area contributed by atoms with Gasteiger partial charge in [0.1, 0.15) is 0 Å². The van der Waals surface area contributed by atoms with Crippen molar-refractivity contribution < 1.29 is 23.5 Å². The Labute approximate surface area is 162 Å². The van der Waals surface area contributed by atoms with E-state index >= 15 is 0 Å². The van der Waals surface area contributed by atoms with Crippen LogP contribution in [0.1, 0.15) is 59.2 Å². The maximum absolute atomic E-state index is 13.0. The predicted octanol–water partition coefficient (Wildman–Crippen LogP) is 3.18. The Morgan fingerprint density at radius 3 is 2.46 bits per heavy atom. The van der Waals surface area contributed by atoms with E-state index in [-0.39, 0.29) is 30.2 Å². The molecule has 8 nitrogen and oxygen atoms in total. The molecule has 1 N–H and O–H groups in total. The van der Waals surface area contributed by atoms with Gasteiger partial charge in [0.05, 0.1) is 6.61 Å². The topological polar surface area (TPSA) is 111 Å². The number of benzene rings is 1. The van der Waals surface area contributed by atoms with Crippen LogP contribution < -0.4 is 5.32 Å². The number of ketones is 1. The molecule has 0 saturated heterocycles. The van der Waals surface area contributed by atoms with Crippen molar-refractivity contribution in [2.75, 3.05) is 11.9 Å². The van der Waals surface area contributed by atoms with E-state index in [4.69, 9.17) is 9.15 Å². The van der Waals surface area contributed by atoms with Gasteiger partial charge in [-0.05, 0) is 26.7 Å². The van der Waals surface area contributed by atoms with E-state index in [9.17, 15) is 14.4 Å². The van der Waals surface area contributed by atoms with E-state index in [0.29, 0.717) is 18.4 Å². The lowest BCUT2D eigenvalue weighted by Crippen LogP contribution is -2.36. The van der Waals surface area contributed by atoms with Crippen LogP contribution in [0.2, 0.25) is 0 Å². The second-order valence-corrected chi connectivity index (χ2v) is 6.85. The average Bonchev–Trinajstić information content (AvgIpc) is 3.17. The number of rotatable bonds is 6. The molecule has 1 aromatic carbocycles. The summed E-state index contributed by atoms with van der Waals surface area (Å²) in [5.74, 6) is -2.35. The number of nitrogens with zero attached hydrogens (tertiary/aromatic N) is 2. The average molecular weight is 385 g/mol. The summed E-state index contributed by atoms with van der Waals surface area (Å²) < 4.78 is 9.92. The molecule has 8 heteroatoms. The minimum atomic E-state index is -0.749. The maximum atomic E-state index is 13.0. The lowest BCUT2D eigenvalue weighted by molar-refractivity contribution is -0.122. The molecular formula is C20H23N3O5. The van der Waals surface area contributed by atoms with Crippen LogP contribution in [0, 0.1) is 18.8 Å². The molecule has 2 atom stereocenters. The summed E-state index contributed by atoms with van der Waals surface area (Å²) in [4.78, 5) is 37.3. The first-order valence-electron chi connectivity index (χ1n) is 9.42. The van der Waals surface area contributed by atoms with Crippen LogP contribution in [0.3, 0.4) is 0 Å². The largest absolute Gasteiger partial charge is 0.459 e. The Morgan fingerprint density at radius 2 is 1.79 bits per heavy atom. The molecule has 1 aliphatic rings. The summed E-state index contributed by atoms with van der Waals surface area (Å²) in [6.07, 6.45) is 3.03. The molecule has 1 aliphatic carbocycles. The van der Waals surface area contributed by atoms with Crippen molar-refractivity contribution in [1.82, 2.24) is 10.2 Å².